The largest absolute Gasteiger partial charge is 0.508 e. The molecule has 0 aliphatic carbocycles. The fourth-order valence-electron chi connectivity index (χ4n) is 3.79. The number of halogens is 1. The topological polar surface area (TPSA) is 26.7 Å². The van der Waals surface area contributed by atoms with Crippen molar-refractivity contribution in [3.63, 3.8) is 0 Å². The molecular formula is C16H23BrN2O. The molecular weight excluding hydrogens is 316 g/mol. The third-order valence-electron chi connectivity index (χ3n) is 4.85. The van der Waals surface area contributed by atoms with Crippen molar-refractivity contribution in [2.45, 2.75) is 31.8 Å². The van der Waals surface area contributed by atoms with Gasteiger partial charge in [-0.2, -0.15) is 0 Å². The molecule has 110 valence electrons. The molecule has 3 nitrogen and oxygen atoms in total. The van der Waals surface area contributed by atoms with Gasteiger partial charge in [-0.25, -0.2) is 0 Å². The highest BCUT2D eigenvalue weighted by Crippen LogP contribution is 2.31. The first-order chi connectivity index (χ1) is 9.63. The van der Waals surface area contributed by atoms with E-state index in [4.69, 9.17) is 0 Å². The van der Waals surface area contributed by atoms with E-state index in [0.29, 0.717) is 5.75 Å². The molecule has 0 radical (unpaired) electrons. The van der Waals surface area contributed by atoms with E-state index in [-0.39, 0.29) is 0 Å². The van der Waals surface area contributed by atoms with E-state index >= 15 is 0 Å². The van der Waals surface area contributed by atoms with Crippen molar-refractivity contribution in [1.82, 2.24) is 9.80 Å². The summed E-state index contributed by atoms with van der Waals surface area (Å²) in [7, 11) is 2.28. The first kappa shape index (κ1) is 14.4. The van der Waals surface area contributed by atoms with Gasteiger partial charge in [0, 0.05) is 23.6 Å². The first-order valence-corrected chi connectivity index (χ1v) is 8.33. The lowest BCUT2D eigenvalue weighted by atomic mass is 9.84. The maximum Gasteiger partial charge on any atom is 0.115 e. The molecule has 1 aromatic rings. The highest BCUT2D eigenvalue weighted by Gasteiger charge is 2.34. The predicted molar refractivity (Wildman–Crippen MR) is 84.8 cm³/mol. The molecule has 2 saturated heterocycles. The van der Waals surface area contributed by atoms with Gasteiger partial charge in [-0.3, -0.25) is 4.90 Å². The van der Waals surface area contributed by atoms with Gasteiger partial charge in [0.05, 0.1) is 0 Å². The third-order valence-corrected chi connectivity index (χ3v) is 5.63. The Bertz CT molecular complexity index is 480. The van der Waals surface area contributed by atoms with Crippen LogP contribution in [0.15, 0.2) is 22.7 Å². The fourth-order valence-corrected chi connectivity index (χ4v) is 4.17. The molecule has 20 heavy (non-hydrogen) atoms. The number of likely N-dealkylation sites (tertiary alicyclic amines) is 2. The van der Waals surface area contributed by atoms with Gasteiger partial charge in [0.2, 0.25) is 0 Å². The van der Waals surface area contributed by atoms with Crippen molar-refractivity contribution in [2.75, 3.05) is 26.7 Å². The average molecular weight is 339 g/mol. The Kier molecular flexibility index (Phi) is 4.34. The van der Waals surface area contributed by atoms with E-state index < -0.39 is 0 Å². The van der Waals surface area contributed by atoms with Crippen LogP contribution in [-0.4, -0.2) is 47.6 Å². The van der Waals surface area contributed by atoms with Crippen molar-refractivity contribution in [1.29, 1.82) is 0 Å². The van der Waals surface area contributed by atoms with E-state index in [9.17, 15) is 5.11 Å². The highest BCUT2D eigenvalue weighted by molar-refractivity contribution is 9.10. The predicted octanol–water partition coefficient (Wildman–Crippen LogP) is 3.07. The summed E-state index contributed by atoms with van der Waals surface area (Å²) in [6, 6.07) is 6.33. The SMILES string of the molecule is CN1CCCC2CN(Cc3cc(O)ccc3Br)CCC21. The monoisotopic (exact) mass is 338 g/mol. The summed E-state index contributed by atoms with van der Waals surface area (Å²) >= 11 is 3.59. The van der Waals surface area contributed by atoms with Crippen LogP contribution in [0.5, 0.6) is 5.75 Å². The molecule has 0 bridgehead atoms. The molecule has 2 aliphatic heterocycles. The van der Waals surface area contributed by atoms with Gasteiger partial charge in [0.1, 0.15) is 5.75 Å². The van der Waals surface area contributed by atoms with E-state index in [1.807, 2.05) is 12.1 Å². The van der Waals surface area contributed by atoms with Gasteiger partial charge in [0.25, 0.3) is 0 Å². The molecule has 1 aromatic carbocycles. The second kappa shape index (κ2) is 6.04. The molecule has 2 heterocycles. The summed E-state index contributed by atoms with van der Waals surface area (Å²) in [6.07, 6.45) is 3.98. The van der Waals surface area contributed by atoms with Gasteiger partial charge in [-0.15, -0.1) is 0 Å². The lowest BCUT2D eigenvalue weighted by Gasteiger charge is -2.46. The zero-order valence-corrected chi connectivity index (χ0v) is 13.6. The smallest absolute Gasteiger partial charge is 0.115 e. The molecule has 2 unspecified atom stereocenters. The molecule has 0 saturated carbocycles. The summed E-state index contributed by atoms with van der Waals surface area (Å²) in [5.41, 5.74) is 1.19. The Morgan fingerprint density at radius 2 is 2.15 bits per heavy atom. The minimum absolute atomic E-state index is 0.357. The van der Waals surface area contributed by atoms with Gasteiger partial charge in [-0.05, 0) is 69.1 Å². The second-order valence-electron chi connectivity index (χ2n) is 6.25. The number of hydrogen-bond acceptors (Lipinski definition) is 3. The first-order valence-electron chi connectivity index (χ1n) is 7.53. The van der Waals surface area contributed by atoms with Gasteiger partial charge in [-0.1, -0.05) is 15.9 Å². The van der Waals surface area contributed by atoms with Crippen LogP contribution >= 0.6 is 15.9 Å². The number of phenols is 1. The lowest BCUT2D eigenvalue weighted by Crippen LogP contribution is -2.52. The lowest BCUT2D eigenvalue weighted by molar-refractivity contribution is 0.0354. The molecule has 4 heteroatoms. The van der Waals surface area contributed by atoms with Crippen molar-refractivity contribution < 1.29 is 5.11 Å². The van der Waals surface area contributed by atoms with Gasteiger partial charge >= 0.3 is 0 Å². The fraction of sp³-hybridized carbons (Fsp3) is 0.625. The van der Waals surface area contributed by atoms with Crippen molar-refractivity contribution in [2.24, 2.45) is 5.92 Å². The number of fused-ring (bicyclic) bond motifs is 1. The van der Waals surface area contributed by atoms with Gasteiger partial charge in [0.15, 0.2) is 0 Å². The molecule has 2 fully saturated rings. The maximum absolute atomic E-state index is 9.64. The zero-order valence-electron chi connectivity index (χ0n) is 12.1. The number of rotatable bonds is 2. The number of phenolic OH excluding ortho intramolecular Hbond substituents is 1. The molecule has 2 aliphatic rings. The van der Waals surface area contributed by atoms with Gasteiger partial charge < -0.3 is 10.0 Å². The molecule has 0 amide bonds. The average Bonchev–Trinajstić information content (AvgIpc) is 2.43. The zero-order chi connectivity index (χ0) is 14.1. The molecule has 1 N–H and O–H groups in total. The van der Waals surface area contributed by atoms with E-state index in [0.717, 1.165) is 29.5 Å². The summed E-state index contributed by atoms with van der Waals surface area (Å²) in [5.74, 6) is 1.18. The molecule has 2 atom stereocenters. The molecule has 0 spiro atoms. The summed E-state index contributed by atoms with van der Waals surface area (Å²) in [6.45, 7) is 4.55. The standard InChI is InChI=1S/C16H23BrN2O/c1-18-7-2-3-12-10-19(8-6-16(12)18)11-13-9-14(20)4-5-15(13)17/h4-5,9,12,16,20H,2-3,6-8,10-11H2,1H3. The normalized spacial score (nSPS) is 28.3. The minimum atomic E-state index is 0.357. The van der Waals surface area contributed by atoms with Crippen molar-refractivity contribution in [3.8, 4) is 5.75 Å². The summed E-state index contributed by atoms with van der Waals surface area (Å²) in [5, 5.41) is 9.64. The van der Waals surface area contributed by atoms with Crippen molar-refractivity contribution in [3.05, 3.63) is 28.2 Å². The Morgan fingerprint density at radius 1 is 1.30 bits per heavy atom. The Morgan fingerprint density at radius 3 is 3.00 bits per heavy atom. The Labute approximate surface area is 129 Å². The van der Waals surface area contributed by atoms with Crippen LogP contribution in [0.25, 0.3) is 0 Å². The third kappa shape index (κ3) is 3.02. The van der Waals surface area contributed by atoms with Crippen LogP contribution in [0.3, 0.4) is 0 Å². The number of benzene rings is 1. The number of nitrogens with zero attached hydrogens (tertiary/aromatic N) is 2. The van der Waals surface area contributed by atoms with Crippen molar-refractivity contribution >= 4 is 15.9 Å². The van der Waals surface area contributed by atoms with Crippen LogP contribution in [0, 0.1) is 5.92 Å². The summed E-state index contributed by atoms with van der Waals surface area (Å²) < 4.78 is 1.10. The number of piperidine rings is 2. The maximum atomic E-state index is 9.64. The minimum Gasteiger partial charge on any atom is -0.508 e. The second-order valence-corrected chi connectivity index (χ2v) is 7.10. The number of hydrogen-bond donors (Lipinski definition) is 1. The van der Waals surface area contributed by atoms with Crippen LogP contribution < -0.4 is 0 Å². The van der Waals surface area contributed by atoms with E-state index in [1.165, 1.54) is 37.9 Å². The Hall–Kier alpha value is -0.580. The summed E-state index contributed by atoms with van der Waals surface area (Å²) in [4.78, 5) is 5.09. The Balaban J connectivity index is 1.66. The van der Waals surface area contributed by atoms with Crippen LogP contribution in [-0.2, 0) is 6.54 Å². The number of aromatic hydroxyl groups is 1. The van der Waals surface area contributed by atoms with E-state index in [2.05, 4.69) is 32.8 Å². The highest BCUT2D eigenvalue weighted by atomic mass is 79.9. The van der Waals surface area contributed by atoms with Crippen LogP contribution in [0.4, 0.5) is 0 Å². The quantitative estimate of drug-likeness (QED) is 0.897. The molecule has 0 aromatic heterocycles. The van der Waals surface area contributed by atoms with Crippen LogP contribution in [0.1, 0.15) is 24.8 Å². The molecule has 3 rings (SSSR count). The van der Waals surface area contributed by atoms with Crippen LogP contribution in [0.2, 0.25) is 0 Å². The van der Waals surface area contributed by atoms with E-state index in [1.54, 1.807) is 6.07 Å².